The quantitative estimate of drug-likeness (QED) is 0.712. The van der Waals surface area contributed by atoms with Gasteiger partial charge in [-0.3, -0.25) is 4.79 Å². The van der Waals surface area contributed by atoms with Crippen LogP contribution in [0, 0.1) is 0 Å². The Hall–Kier alpha value is -2.95. The maximum atomic E-state index is 12.2. The van der Waals surface area contributed by atoms with Crippen molar-refractivity contribution < 1.29 is 19.4 Å². The van der Waals surface area contributed by atoms with Crippen LogP contribution in [0.15, 0.2) is 30.3 Å². The van der Waals surface area contributed by atoms with Crippen molar-refractivity contribution in [1.82, 2.24) is 0 Å². The number of rotatable bonds is 2. The normalized spacial score (nSPS) is 12.7. The Balaban J connectivity index is 2.32. The number of hydrogen-bond acceptors (Lipinski definition) is 4. The van der Waals surface area contributed by atoms with Crippen molar-refractivity contribution in [1.29, 1.82) is 0 Å². The van der Waals surface area contributed by atoms with Crippen molar-refractivity contribution in [2.75, 3.05) is 19.5 Å². The maximum Gasteiger partial charge on any atom is 0.256 e. The first-order valence-corrected chi connectivity index (χ1v) is 6.80. The van der Waals surface area contributed by atoms with Crippen molar-refractivity contribution in [3.63, 3.8) is 0 Å². The summed E-state index contributed by atoms with van der Waals surface area (Å²) in [7, 11) is 3.10. The molecule has 0 fully saturated rings. The fourth-order valence-electron chi connectivity index (χ4n) is 3.11. The van der Waals surface area contributed by atoms with Gasteiger partial charge < -0.3 is 19.9 Å². The second kappa shape index (κ2) is 4.27. The Labute approximate surface area is 126 Å². The van der Waals surface area contributed by atoms with Gasteiger partial charge >= 0.3 is 0 Å². The summed E-state index contributed by atoms with van der Waals surface area (Å²) in [6.07, 6.45) is 0. The van der Waals surface area contributed by atoms with Crippen molar-refractivity contribution >= 4 is 33.1 Å². The zero-order valence-corrected chi connectivity index (χ0v) is 12.1. The number of amides is 1. The van der Waals surface area contributed by atoms with Gasteiger partial charge in [-0.25, -0.2) is 0 Å². The number of methoxy groups -OCH3 is 2. The fraction of sp³-hybridized carbons (Fsp3) is 0.118. The average Bonchev–Trinajstić information content (AvgIpc) is 2.83. The van der Waals surface area contributed by atoms with Crippen molar-refractivity contribution in [3.05, 3.63) is 35.9 Å². The van der Waals surface area contributed by atoms with Crippen LogP contribution in [0.1, 0.15) is 10.4 Å². The smallest absolute Gasteiger partial charge is 0.256 e. The van der Waals surface area contributed by atoms with E-state index in [1.165, 1.54) is 7.11 Å². The molecule has 110 valence electrons. The summed E-state index contributed by atoms with van der Waals surface area (Å²) in [5.74, 6) is 1.03. The second-order valence-corrected chi connectivity index (χ2v) is 5.19. The first kappa shape index (κ1) is 12.8. The highest BCUT2D eigenvalue weighted by Crippen LogP contribution is 2.47. The molecule has 0 radical (unpaired) electrons. The van der Waals surface area contributed by atoms with Crippen LogP contribution in [0.5, 0.6) is 17.2 Å². The van der Waals surface area contributed by atoms with Crippen molar-refractivity contribution in [2.45, 2.75) is 0 Å². The Morgan fingerprint density at radius 3 is 2.59 bits per heavy atom. The lowest BCUT2D eigenvalue weighted by Crippen LogP contribution is -2.04. The molecule has 3 aromatic carbocycles. The van der Waals surface area contributed by atoms with Gasteiger partial charge in [0.1, 0.15) is 5.75 Å². The Morgan fingerprint density at radius 1 is 1.05 bits per heavy atom. The van der Waals surface area contributed by atoms with Crippen LogP contribution in [-0.2, 0) is 0 Å². The molecule has 0 unspecified atom stereocenters. The number of aromatic hydroxyl groups is 1. The molecule has 2 N–H and O–H groups in total. The summed E-state index contributed by atoms with van der Waals surface area (Å²) >= 11 is 0. The van der Waals surface area contributed by atoms with E-state index in [4.69, 9.17) is 9.47 Å². The van der Waals surface area contributed by atoms with E-state index in [0.717, 1.165) is 27.2 Å². The third kappa shape index (κ3) is 1.50. The topological polar surface area (TPSA) is 67.8 Å². The minimum Gasteiger partial charge on any atom is -0.508 e. The Bertz CT molecular complexity index is 962. The molecule has 0 bridgehead atoms. The minimum absolute atomic E-state index is 0.159. The number of phenolic OH excluding ortho intramolecular Hbond substituents is 1. The molecule has 0 aromatic heterocycles. The summed E-state index contributed by atoms with van der Waals surface area (Å²) in [6, 6.07) is 8.68. The number of anilines is 1. The lowest BCUT2D eigenvalue weighted by Gasteiger charge is -2.14. The van der Waals surface area contributed by atoms with E-state index < -0.39 is 0 Å². The standard InChI is InChI=1S/C17H13NO4/c1-21-13-7-11-14-12(18-17(11)20)5-8-3-4-9(19)6-10(8)15(14)16(13)22-2/h3-7,19H,1-2H3,(H,18,20). The molecule has 0 atom stereocenters. The third-order valence-corrected chi connectivity index (χ3v) is 4.04. The number of benzene rings is 3. The highest BCUT2D eigenvalue weighted by atomic mass is 16.5. The number of carbonyl (C=O) groups is 1. The monoisotopic (exact) mass is 295 g/mol. The average molecular weight is 295 g/mol. The number of ether oxygens (including phenoxy) is 2. The van der Waals surface area contributed by atoms with Crippen molar-refractivity contribution in [3.8, 4) is 17.2 Å². The van der Waals surface area contributed by atoms with Gasteiger partial charge in [-0.1, -0.05) is 6.07 Å². The number of phenols is 1. The van der Waals surface area contributed by atoms with Crippen LogP contribution in [0.25, 0.3) is 21.5 Å². The van der Waals surface area contributed by atoms with Gasteiger partial charge in [-0.2, -0.15) is 0 Å². The zero-order chi connectivity index (χ0) is 15.4. The Kier molecular flexibility index (Phi) is 2.48. The SMILES string of the molecule is COc1cc2c3c(cc4ccc(O)cc4c3c1OC)NC2=O. The molecule has 0 spiro atoms. The third-order valence-electron chi connectivity index (χ3n) is 4.04. The molecular formula is C17H13NO4. The molecule has 1 aliphatic heterocycles. The van der Waals surface area contributed by atoms with E-state index in [2.05, 4.69) is 5.32 Å². The summed E-state index contributed by atoms with van der Waals surface area (Å²) in [6.45, 7) is 0. The molecule has 5 heteroatoms. The number of fused-ring (bicyclic) bond motifs is 2. The predicted molar refractivity (Wildman–Crippen MR) is 84.2 cm³/mol. The molecule has 0 saturated heterocycles. The van der Waals surface area contributed by atoms with Crippen LogP contribution < -0.4 is 14.8 Å². The van der Waals surface area contributed by atoms with E-state index in [1.54, 1.807) is 25.3 Å². The number of hydrogen-bond donors (Lipinski definition) is 2. The first-order valence-electron chi connectivity index (χ1n) is 6.80. The molecule has 5 nitrogen and oxygen atoms in total. The van der Waals surface area contributed by atoms with Crippen LogP contribution in [0.2, 0.25) is 0 Å². The molecule has 3 aromatic rings. The molecular weight excluding hydrogens is 282 g/mol. The number of carbonyl (C=O) groups excluding carboxylic acids is 1. The van der Waals surface area contributed by atoms with Crippen LogP contribution in [0.4, 0.5) is 5.69 Å². The molecule has 1 aliphatic rings. The summed E-state index contributed by atoms with van der Waals surface area (Å²) in [5, 5.41) is 16.0. The molecule has 22 heavy (non-hydrogen) atoms. The molecule has 1 heterocycles. The van der Waals surface area contributed by atoms with E-state index in [9.17, 15) is 9.90 Å². The molecule has 0 saturated carbocycles. The maximum absolute atomic E-state index is 12.2. The highest BCUT2D eigenvalue weighted by Gasteiger charge is 2.27. The molecule has 1 amide bonds. The first-order chi connectivity index (χ1) is 10.6. The summed E-state index contributed by atoms with van der Waals surface area (Å²) < 4.78 is 10.9. The summed E-state index contributed by atoms with van der Waals surface area (Å²) in [5.41, 5.74) is 1.29. The lowest BCUT2D eigenvalue weighted by atomic mass is 9.97. The van der Waals surface area contributed by atoms with E-state index in [0.29, 0.717) is 17.1 Å². The van der Waals surface area contributed by atoms with Crippen LogP contribution >= 0.6 is 0 Å². The lowest BCUT2D eigenvalue weighted by molar-refractivity contribution is 0.103. The highest BCUT2D eigenvalue weighted by molar-refractivity contribution is 6.30. The summed E-state index contributed by atoms with van der Waals surface area (Å²) in [4.78, 5) is 12.2. The van der Waals surface area contributed by atoms with E-state index in [1.807, 2.05) is 12.1 Å². The minimum atomic E-state index is -0.166. The van der Waals surface area contributed by atoms with E-state index >= 15 is 0 Å². The van der Waals surface area contributed by atoms with Gasteiger partial charge in [0.25, 0.3) is 5.91 Å². The second-order valence-electron chi connectivity index (χ2n) is 5.19. The number of nitrogens with one attached hydrogen (secondary N) is 1. The van der Waals surface area contributed by atoms with Crippen LogP contribution in [0.3, 0.4) is 0 Å². The van der Waals surface area contributed by atoms with Crippen LogP contribution in [-0.4, -0.2) is 25.2 Å². The molecule has 4 rings (SSSR count). The van der Waals surface area contributed by atoms with Gasteiger partial charge in [0.05, 0.1) is 25.5 Å². The van der Waals surface area contributed by atoms with E-state index in [-0.39, 0.29) is 11.7 Å². The molecule has 0 aliphatic carbocycles. The largest absolute Gasteiger partial charge is 0.508 e. The van der Waals surface area contributed by atoms with Gasteiger partial charge in [0.15, 0.2) is 11.5 Å². The predicted octanol–water partition coefficient (Wildman–Crippen LogP) is 3.28. The Morgan fingerprint density at radius 2 is 1.86 bits per heavy atom. The van der Waals surface area contributed by atoms with Gasteiger partial charge in [0.2, 0.25) is 0 Å². The van der Waals surface area contributed by atoms with Gasteiger partial charge in [-0.15, -0.1) is 0 Å². The van der Waals surface area contributed by atoms with Gasteiger partial charge in [-0.05, 0) is 35.0 Å². The fourth-order valence-corrected chi connectivity index (χ4v) is 3.11. The zero-order valence-electron chi connectivity index (χ0n) is 12.1. The van der Waals surface area contributed by atoms with Crippen molar-refractivity contribution in [2.24, 2.45) is 0 Å². The van der Waals surface area contributed by atoms with Gasteiger partial charge in [0, 0.05) is 10.8 Å².